The molecule has 0 aliphatic carbocycles. The van der Waals surface area contributed by atoms with Crippen LogP contribution in [0, 0.1) is 11.8 Å². The summed E-state index contributed by atoms with van der Waals surface area (Å²) in [5.74, 6) is 0.841. The van der Waals surface area contributed by atoms with E-state index in [1.54, 1.807) is 0 Å². The van der Waals surface area contributed by atoms with E-state index in [2.05, 4.69) is 13.8 Å². The van der Waals surface area contributed by atoms with Gasteiger partial charge in [0.25, 0.3) is 0 Å². The summed E-state index contributed by atoms with van der Waals surface area (Å²) in [6.07, 6.45) is 4.09. The molecule has 0 amide bonds. The summed E-state index contributed by atoms with van der Waals surface area (Å²) in [5, 5.41) is 0. The molecule has 1 radical (unpaired) electrons. The third-order valence-electron chi connectivity index (χ3n) is 1.38. The van der Waals surface area contributed by atoms with E-state index in [9.17, 15) is 4.79 Å². The zero-order valence-corrected chi connectivity index (χ0v) is 9.89. The standard InChI is InChI=1S/C8H15O.Y/c1-7(2)4-5-8(3)6-9;/h7-8H,4-5H2,1-3H3;/q-1;. The minimum atomic E-state index is 0. The SMILES string of the molecule is CC(C)CCC(C)[C-]=O.[Y]. The van der Waals surface area contributed by atoms with Crippen molar-refractivity contribution < 1.29 is 37.5 Å². The average Bonchev–Trinajstić information content (AvgIpc) is 1.83. The average molecular weight is 216 g/mol. The van der Waals surface area contributed by atoms with Crippen molar-refractivity contribution in [3.63, 3.8) is 0 Å². The topological polar surface area (TPSA) is 17.1 Å². The first kappa shape index (κ1) is 13.4. The Labute approximate surface area is 88.8 Å². The molecule has 0 N–H and O–H groups in total. The Morgan fingerprint density at radius 1 is 1.20 bits per heavy atom. The molecule has 0 aliphatic heterocycles. The molecule has 0 saturated heterocycles. The maximum Gasteiger partial charge on any atom is 0 e. The third-order valence-corrected chi connectivity index (χ3v) is 1.38. The normalized spacial score (nSPS) is 12.4. The van der Waals surface area contributed by atoms with Crippen LogP contribution in [0.5, 0.6) is 0 Å². The van der Waals surface area contributed by atoms with E-state index >= 15 is 0 Å². The molecule has 0 saturated carbocycles. The van der Waals surface area contributed by atoms with Crippen LogP contribution in [0.15, 0.2) is 0 Å². The van der Waals surface area contributed by atoms with Gasteiger partial charge in [0.2, 0.25) is 0 Å². The van der Waals surface area contributed by atoms with Crippen LogP contribution in [-0.2, 0) is 37.5 Å². The van der Waals surface area contributed by atoms with E-state index in [-0.39, 0.29) is 38.6 Å². The van der Waals surface area contributed by atoms with E-state index in [4.69, 9.17) is 0 Å². The largest absolute Gasteiger partial charge is 0.542 e. The van der Waals surface area contributed by atoms with Crippen LogP contribution in [0.1, 0.15) is 33.6 Å². The van der Waals surface area contributed by atoms with E-state index in [1.165, 1.54) is 0 Å². The van der Waals surface area contributed by atoms with Gasteiger partial charge in [-0.3, -0.25) is 6.29 Å². The second-order valence-corrected chi connectivity index (χ2v) is 2.99. The molecule has 0 aromatic heterocycles. The Morgan fingerprint density at radius 2 is 1.70 bits per heavy atom. The molecule has 0 bridgehead atoms. The van der Waals surface area contributed by atoms with Gasteiger partial charge in [-0.1, -0.05) is 33.6 Å². The van der Waals surface area contributed by atoms with Crippen LogP contribution in [0.4, 0.5) is 0 Å². The van der Waals surface area contributed by atoms with Crippen molar-refractivity contribution in [2.45, 2.75) is 33.6 Å². The number of rotatable bonds is 4. The van der Waals surface area contributed by atoms with E-state index < -0.39 is 0 Å². The van der Waals surface area contributed by atoms with Gasteiger partial charge in [0.05, 0.1) is 0 Å². The summed E-state index contributed by atoms with van der Waals surface area (Å²) in [5.41, 5.74) is 0. The first-order chi connectivity index (χ1) is 4.16. The molecule has 0 fully saturated rings. The van der Waals surface area contributed by atoms with E-state index in [0.29, 0.717) is 5.92 Å². The third kappa shape index (κ3) is 8.77. The maximum atomic E-state index is 9.99. The molecular formula is C8H15OY-. The predicted molar refractivity (Wildman–Crippen MR) is 38.9 cm³/mol. The minimum Gasteiger partial charge on any atom is -0.542 e. The smallest absolute Gasteiger partial charge is 0 e. The molecule has 0 aliphatic rings. The van der Waals surface area contributed by atoms with Gasteiger partial charge < -0.3 is 4.79 Å². The van der Waals surface area contributed by atoms with Gasteiger partial charge in [-0.05, 0) is 5.92 Å². The van der Waals surface area contributed by atoms with Gasteiger partial charge >= 0.3 is 0 Å². The zero-order chi connectivity index (χ0) is 7.28. The number of hydrogen-bond acceptors (Lipinski definition) is 1. The van der Waals surface area contributed by atoms with Crippen molar-refractivity contribution in [3.8, 4) is 0 Å². The maximum absolute atomic E-state index is 9.99. The summed E-state index contributed by atoms with van der Waals surface area (Å²) < 4.78 is 0. The quantitative estimate of drug-likeness (QED) is 0.658. The summed E-state index contributed by atoms with van der Waals surface area (Å²) in [7, 11) is 0. The zero-order valence-electron chi connectivity index (χ0n) is 7.05. The van der Waals surface area contributed by atoms with Crippen LogP contribution in [0.3, 0.4) is 0 Å². The van der Waals surface area contributed by atoms with Crippen molar-refractivity contribution >= 4 is 6.29 Å². The molecule has 0 rings (SSSR count). The fourth-order valence-corrected chi connectivity index (χ4v) is 0.642. The van der Waals surface area contributed by atoms with Crippen molar-refractivity contribution in [2.24, 2.45) is 11.8 Å². The Kier molecular flexibility index (Phi) is 10.5. The van der Waals surface area contributed by atoms with Crippen molar-refractivity contribution in [1.82, 2.24) is 0 Å². The number of hydrogen-bond donors (Lipinski definition) is 0. The molecular weight excluding hydrogens is 201 g/mol. The molecule has 57 valence electrons. The van der Waals surface area contributed by atoms with Gasteiger partial charge in [0.15, 0.2) is 0 Å². The summed E-state index contributed by atoms with van der Waals surface area (Å²) in [4.78, 5) is 9.99. The van der Waals surface area contributed by atoms with Gasteiger partial charge in [-0.15, -0.1) is 5.92 Å². The van der Waals surface area contributed by atoms with Crippen LogP contribution in [-0.4, -0.2) is 6.29 Å². The summed E-state index contributed by atoms with van der Waals surface area (Å²) in [6.45, 7) is 6.24. The van der Waals surface area contributed by atoms with Gasteiger partial charge in [0, 0.05) is 32.7 Å². The fourth-order valence-electron chi connectivity index (χ4n) is 0.642. The van der Waals surface area contributed by atoms with Crippen LogP contribution >= 0.6 is 0 Å². The molecule has 0 aromatic rings. The molecule has 2 heteroatoms. The van der Waals surface area contributed by atoms with Crippen LogP contribution < -0.4 is 0 Å². The van der Waals surface area contributed by atoms with Crippen LogP contribution in [0.25, 0.3) is 0 Å². The molecule has 1 nitrogen and oxygen atoms in total. The van der Waals surface area contributed by atoms with Gasteiger partial charge in [-0.2, -0.15) is 0 Å². The second kappa shape index (κ2) is 7.88. The summed E-state index contributed by atoms with van der Waals surface area (Å²) >= 11 is 0. The van der Waals surface area contributed by atoms with E-state index in [0.717, 1.165) is 12.8 Å². The van der Waals surface area contributed by atoms with Crippen molar-refractivity contribution in [2.75, 3.05) is 0 Å². The monoisotopic (exact) mass is 216 g/mol. The number of carbonyl (C=O) groups excluding carboxylic acids is 1. The molecule has 0 heterocycles. The van der Waals surface area contributed by atoms with Gasteiger partial charge in [-0.25, -0.2) is 0 Å². The second-order valence-electron chi connectivity index (χ2n) is 2.99. The van der Waals surface area contributed by atoms with E-state index in [1.807, 2.05) is 13.2 Å². The van der Waals surface area contributed by atoms with Crippen molar-refractivity contribution in [3.05, 3.63) is 0 Å². The first-order valence-electron chi connectivity index (χ1n) is 3.54. The Balaban J connectivity index is 0. The molecule has 1 atom stereocenters. The Morgan fingerprint density at radius 3 is 2.00 bits per heavy atom. The molecule has 10 heavy (non-hydrogen) atoms. The Bertz CT molecular complexity index is 81.3. The van der Waals surface area contributed by atoms with Gasteiger partial charge in [0.1, 0.15) is 0 Å². The molecule has 0 spiro atoms. The first-order valence-corrected chi connectivity index (χ1v) is 3.54. The predicted octanol–water partition coefficient (Wildman–Crippen LogP) is 2.17. The molecule has 1 unspecified atom stereocenters. The minimum absolute atomic E-state index is 0. The summed E-state index contributed by atoms with van der Waals surface area (Å²) in [6, 6.07) is 0. The Hall–Kier alpha value is 0.774. The molecule has 0 aromatic carbocycles. The van der Waals surface area contributed by atoms with Crippen molar-refractivity contribution in [1.29, 1.82) is 0 Å². The van der Waals surface area contributed by atoms with Crippen LogP contribution in [0.2, 0.25) is 0 Å². The fraction of sp³-hybridized carbons (Fsp3) is 0.875.